The summed E-state index contributed by atoms with van der Waals surface area (Å²) in [5, 5.41) is 0. The molecule has 170 valence electrons. The van der Waals surface area contributed by atoms with Gasteiger partial charge >= 0.3 is 17.9 Å². The van der Waals surface area contributed by atoms with E-state index in [4.69, 9.17) is 14.2 Å². The first kappa shape index (κ1) is 25.1. The Morgan fingerprint density at radius 3 is 1.82 bits per heavy atom. The van der Waals surface area contributed by atoms with Crippen molar-refractivity contribution >= 4 is 29.1 Å². The molecule has 0 aromatic heterocycles. The summed E-state index contributed by atoms with van der Waals surface area (Å²) >= 11 is 0. The summed E-state index contributed by atoms with van der Waals surface area (Å²) in [6.45, 7) is 14.2. The maximum atomic E-state index is 11.8. The molecule has 0 aliphatic heterocycles. The highest BCUT2D eigenvalue weighted by molar-refractivity contribution is 5.92. The fraction of sp³-hybridized carbons (Fsp3) is 0.148. The van der Waals surface area contributed by atoms with Crippen LogP contribution >= 0.6 is 0 Å². The molecule has 33 heavy (non-hydrogen) atoms. The van der Waals surface area contributed by atoms with E-state index in [2.05, 4.69) is 26.7 Å². The third kappa shape index (κ3) is 6.90. The third-order valence-corrected chi connectivity index (χ3v) is 4.67. The molecule has 0 spiro atoms. The predicted octanol–water partition coefficient (Wildman–Crippen LogP) is 5.69. The molecule has 0 saturated heterocycles. The summed E-state index contributed by atoms with van der Waals surface area (Å²) in [6.07, 6.45) is 4.83. The molecule has 0 atom stereocenters. The quantitative estimate of drug-likeness (QED) is 0.202. The Bertz CT molecular complexity index is 1110. The summed E-state index contributed by atoms with van der Waals surface area (Å²) in [4.78, 5) is 34.9. The molecule has 2 aromatic carbocycles. The molecule has 0 fully saturated rings. The number of hydrogen-bond acceptors (Lipinski definition) is 6. The van der Waals surface area contributed by atoms with Crippen LogP contribution in [0, 0.1) is 0 Å². The van der Waals surface area contributed by atoms with E-state index in [1.165, 1.54) is 0 Å². The third-order valence-electron chi connectivity index (χ3n) is 4.67. The first-order valence-electron chi connectivity index (χ1n) is 10.3. The Hall–Kier alpha value is -4.19. The van der Waals surface area contributed by atoms with Crippen molar-refractivity contribution in [1.82, 2.24) is 0 Å². The second-order valence-electron chi connectivity index (χ2n) is 6.92. The van der Waals surface area contributed by atoms with Gasteiger partial charge in [0, 0.05) is 18.2 Å². The lowest BCUT2D eigenvalue weighted by molar-refractivity contribution is -0.131. The van der Waals surface area contributed by atoms with Crippen molar-refractivity contribution in [2.45, 2.75) is 26.7 Å². The van der Waals surface area contributed by atoms with Gasteiger partial charge in [-0.15, -0.1) is 0 Å². The lowest BCUT2D eigenvalue weighted by Crippen LogP contribution is -2.09. The molecular weight excluding hydrogens is 420 g/mol. The monoisotopic (exact) mass is 446 g/mol. The van der Waals surface area contributed by atoms with Gasteiger partial charge in [0.25, 0.3) is 0 Å². The second kappa shape index (κ2) is 12.0. The normalized spacial score (nSPS) is 11.0. The van der Waals surface area contributed by atoms with Gasteiger partial charge in [-0.3, -0.25) is 0 Å². The topological polar surface area (TPSA) is 78.9 Å². The molecule has 0 amide bonds. The Labute approximate surface area is 193 Å². The van der Waals surface area contributed by atoms with Crippen molar-refractivity contribution in [1.29, 1.82) is 0 Å². The highest BCUT2D eigenvalue weighted by Gasteiger charge is 2.15. The smallest absolute Gasteiger partial charge is 0.335 e. The summed E-state index contributed by atoms with van der Waals surface area (Å²) in [5.41, 5.74) is 3.76. The van der Waals surface area contributed by atoms with Crippen molar-refractivity contribution in [3.8, 4) is 17.2 Å². The van der Waals surface area contributed by atoms with E-state index in [-0.39, 0.29) is 11.5 Å². The van der Waals surface area contributed by atoms with E-state index in [1.807, 2.05) is 19.1 Å². The van der Waals surface area contributed by atoms with Crippen LogP contribution in [0.2, 0.25) is 0 Å². The summed E-state index contributed by atoms with van der Waals surface area (Å²) in [7, 11) is 0. The van der Waals surface area contributed by atoms with Crippen molar-refractivity contribution in [2.75, 3.05) is 0 Å². The Kier molecular flexibility index (Phi) is 9.12. The van der Waals surface area contributed by atoms with Crippen molar-refractivity contribution in [3.05, 3.63) is 91.6 Å². The first-order valence-corrected chi connectivity index (χ1v) is 10.3. The maximum Gasteiger partial charge on any atom is 0.335 e. The highest BCUT2D eigenvalue weighted by atomic mass is 16.6. The van der Waals surface area contributed by atoms with Gasteiger partial charge in [0.1, 0.15) is 5.75 Å². The van der Waals surface area contributed by atoms with Crippen LogP contribution in [0.5, 0.6) is 17.2 Å². The van der Waals surface area contributed by atoms with E-state index in [0.29, 0.717) is 5.75 Å². The van der Waals surface area contributed by atoms with Crippen molar-refractivity contribution < 1.29 is 28.6 Å². The Morgan fingerprint density at radius 1 is 0.758 bits per heavy atom. The number of esters is 3. The number of carbonyl (C=O) groups is 3. The Balaban J connectivity index is 2.50. The molecule has 6 nitrogen and oxygen atoms in total. The molecule has 0 aliphatic carbocycles. The first-order chi connectivity index (χ1) is 15.8. The number of allylic oxidation sites excluding steroid dienone is 2. The van der Waals surface area contributed by atoms with Gasteiger partial charge in [-0.1, -0.05) is 51.3 Å². The minimum Gasteiger partial charge on any atom is -0.423 e. The van der Waals surface area contributed by atoms with Crippen LogP contribution in [-0.2, 0) is 14.4 Å². The standard InChI is InChI=1S/C27H26O6/c1-6-10-22(19-11-14-21(15-12-19)31-25(28)7-2)18(5)20-13-16-23(32-26(29)8-3)24(17-20)33-27(30)9-4/h7-9,11-17H,2-4,6,10H2,1,5H3. The molecule has 0 N–H and O–H groups in total. The minimum absolute atomic E-state index is 0.0921. The lowest BCUT2D eigenvalue weighted by atomic mass is 9.92. The zero-order valence-corrected chi connectivity index (χ0v) is 18.8. The molecule has 0 radical (unpaired) electrons. The van der Waals surface area contributed by atoms with E-state index in [0.717, 1.165) is 53.3 Å². The van der Waals surface area contributed by atoms with Crippen LogP contribution in [0.1, 0.15) is 37.8 Å². The zero-order valence-electron chi connectivity index (χ0n) is 18.8. The van der Waals surface area contributed by atoms with Crippen molar-refractivity contribution in [2.24, 2.45) is 0 Å². The maximum absolute atomic E-state index is 11.8. The molecule has 0 bridgehead atoms. The molecule has 2 aromatic rings. The number of carbonyl (C=O) groups excluding carboxylic acids is 3. The summed E-state index contributed by atoms with van der Waals surface area (Å²) in [5.74, 6) is -1.27. The fourth-order valence-corrected chi connectivity index (χ4v) is 3.06. The molecule has 0 heterocycles. The highest BCUT2D eigenvalue weighted by Crippen LogP contribution is 2.36. The number of hydrogen-bond donors (Lipinski definition) is 0. The van der Waals surface area contributed by atoms with Gasteiger partial charge in [-0.05, 0) is 59.9 Å². The van der Waals surface area contributed by atoms with Gasteiger partial charge in [0.15, 0.2) is 11.5 Å². The zero-order chi connectivity index (χ0) is 24.4. The number of rotatable bonds is 10. The van der Waals surface area contributed by atoms with Gasteiger partial charge in [0.2, 0.25) is 0 Å². The van der Waals surface area contributed by atoms with Crippen LogP contribution in [0.15, 0.2) is 80.4 Å². The van der Waals surface area contributed by atoms with Crippen LogP contribution < -0.4 is 14.2 Å². The lowest BCUT2D eigenvalue weighted by Gasteiger charge is -2.15. The molecule has 6 heteroatoms. The SMILES string of the molecule is C=CC(=O)Oc1ccc(C(CCC)=C(C)c2ccc(OC(=O)C=C)c(OC(=O)C=C)c2)cc1. The van der Waals surface area contributed by atoms with Crippen LogP contribution in [0.25, 0.3) is 11.1 Å². The van der Waals surface area contributed by atoms with E-state index < -0.39 is 17.9 Å². The second-order valence-corrected chi connectivity index (χ2v) is 6.92. The molecule has 2 rings (SSSR count). The largest absolute Gasteiger partial charge is 0.423 e. The predicted molar refractivity (Wildman–Crippen MR) is 128 cm³/mol. The average Bonchev–Trinajstić information content (AvgIpc) is 2.83. The number of ether oxygens (including phenoxy) is 3. The van der Waals surface area contributed by atoms with Crippen LogP contribution in [0.3, 0.4) is 0 Å². The molecule has 0 saturated carbocycles. The summed E-state index contributed by atoms with van der Waals surface area (Å²) < 4.78 is 15.6. The van der Waals surface area contributed by atoms with Gasteiger partial charge in [-0.25, -0.2) is 14.4 Å². The Morgan fingerprint density at radius 2 is 1.27 bits per heavy atom. The van der Waals surface area contributed by atoms with Crippen LogP contribution in [-0.4, -0.2) is 17.9 Å². The fourth-order valence-electron chi connectivity index (χ4n) is 3.06. The van der Waals surface area contributed by atoms with Crippen molar-refractivity contribution in [3.63, 3.8) is 0 Å². The van der Waals surface area contributed by atoms with Gasteiger partial charge in [0.05, 0.1) is 0 Å². The van der Waals surface area contributed by atoms with E-state index >= 15 is 0 Å². The van der Waals surface area contributed by atoms with Gasteiger partial charge in [-0.2, -0.15) is 0 Å². The minimum atomic E-state index is -0.678. The summed E-state index contributed by atoms with van der Waals surface area (Å²) in [6, 6.07) is 12.2. The molecule has 0 aliphatic rings. The van der Waals surface area contributed by atoms with Gasteiger partial charge < -0.3 is 14.2 Å². The van der Waals surface area contributed by atoms with E-state index in [1.54, 1.807) is 30.3 Å². The average molecular weight is 446 g/mol. The number of benzene rings is 2. The molecule has 0 unspecified atom stereocenters. The van der Waals surface area contributed by atoms with E-state index in [9.17, 15) is 14.4 Å². The molecular formula is C27H26O6. The van der Waals surface area contributed by atoms with Crippen LogP contribution in [0.4, 0.5) is 0 Å².